The number of carbonyl (C=O) groups excluding carboxylic acids is 3. The van der Waals surface area contributed by atoms with E-state index in [0.29, 0.717) is 18.7 Å². The van der Waals surface area contributed by atoms with Gasteiger partial charge < -0.3 is 38.6 Å². The third kappa shape index (κ3) is 8.73. The van der Waals surface area contributed by atoms with Gasteiger partial charge in [-0.05, 0) is 30.9 Å². The van der Waals surface area contributed by atoms with Gasteiger partial charge in [-0.3, -0.25) is 19.7 Å². The molecule has 0 unspecified atom stereocenters. The smallest absolute Gasteiger partial charge is 0.335 e. The Hall–Kier alpha value is -3.56. The van der Waals surface area contributed by atoms with Gasteiger partial charge in [-0.2, -0.15) is 0 Å². The molecular formula is C24H33N3O11S. The van der Waals surface area contributed by atoms with Crippen molar-refractivity contribution < 1.29 is 47.7 Å². The van der Waals surface area contributed by atoms with Crippen LogP contribution in [0, 0.1) is 16.0 Å². The molecule has 0 amide bonds. The Morgan fingerprint density at radius 3 is 2.38 bits per heavy atom. The Balaban J connectivity index is 2.35. The van der Waals surface area contributed by atoms with Gasteiger partial charge in [-0.15, -0.1) is 0 Å². The van der Waals surface area contributed by atoms with Crippen LogP contribution in [-0.4, -0.2) is 91.8 Å². The number of nitro groups is 1. The number of nitro benzene ring substituents is 1. The van der Waals surface area contributed by atoms with Gasteiger partial charge in [0.05, 0.1) is 12.0 Å². The zero-order valence-electron chi connectivity index (χ0n) is 22.5. The molecule has 0 saturated carbocycles. The number of rotatable bonds is 11. The predicted molar refractivity (Wildman–Crippen MR) is 139 cm³/mol. The standard InChI is InChI=1S/C24H33N3O11S/c1-13-19(35-14(2)28)21(36-15(3)29)23(38-20(13)22(30)33-6)37-18-8-7-16(11-17(18)27(31)32)12-34-24(39)26(5)10-9-25-4/h7-8,11,13,19-21,23,25H,9-10,12H2,1-6H3/t13-,19-,20-,21+,23+/m0/s1. The van der Waals surface area contributed by atoms with Crippen LogP contribution in [-0.2, 0) is 44.7 Å². The van der Waals surface area contributed by atoms with E-state index in [2.05, 4.69) is 5.32 Å². The fourth-order valence-corrected chi connectivity index (χ4v) is 3.93. The number of ether oxygens (including phenoxy) is 6. The monoisotopic (exact) mass is 571 g/mol. The molecule has 0 aliphatic carbocycles. The van der Waals surface area contributed by atoms with E-state index in [1.54, 1.807) is 25.9 Å². The molecule has 1 N–H and O–H groups in total. The van der Waals surface area contributed by atoms with Crippen LogP contribution in [0.3, 0.4) is 0 Å². The summed E-state index contributed by atoms with van der Waals surface area (Å²) in [5.74, 6) is -3.32. The van der Waals surface area contributed by atoms with Gasteiger partial charge in [-0.25, -0.2) is 4.79 Å². The number of benzene rings is 1. The fraction of sp³-hybridized carbons (Fsp3) is 0.583. The predicted octanol–water partition coefficient (Wildman–Crippen LogP) is 1.32. The number of hydrogen-bond donors (Lipinski definition) is 1. The third-order valence-electron chi connectivity index (χ3n) is 5.74. The number of nitrogens with one attached hydrogen (secondary N) is 1. The van der Waals surface area contributed by atoms with Crippen LogP contribution < -0.4 is 10.1 Å². The lowest BCUT2D eigenvalue weighted by Gasteiger charge is -2.42. The van der Waals surface area contributed by atoms with Gasteiger partial charge in [-0.1, -0.05) is 13.0 Å². The van der Waals surface area contributed by atoms with Crippen molar-refractivity contribution >= 4 is 41.0 Å². The molecule has 1 aromatic rings. The lowest BCUT2D eigenvalue weighted by molar-refractivity contribution is -0.387. The van der Waals surface area contributed by atoms with E-state index < -0.39 is 59.0 Å². The molecule has 1 aromatic carbocycles. The summed E-state index contributed by atoms with van der Waals surface area (Å²) in [4.78, 5) is 49.0. The molecule has 1 heterocycles. The normalized spacial score (nSPS) is 22.3. The largest absolute Gasteiger partial charge is 0.467 e. The number of hydrogen-bond acceptors (Lipinski definition) is 13. The van der Waals surface area contributed by atoms with E-state index in [-0.39, 0.29) is 17.5 Å². The van der Waals surface area contributed by atoms with Crippen molar-refractivity contribution in [1.29, 1.82) is 0 Å². The number of likely N-dealkylation sites (N-methyl/N-ethyl adjacent to an activating group) is 2. The molecule has 14 nitrogen and oxygen atoms in total. The molecule has 0 bridgehead atoms. The van der Waals surface area contributed by atoms with Crippen LogP contribution >= 0.6 is 12.2 Å². The maximum Gasteiger partial charge on any atom is 0.335 e. The number of nitrogens with zero attached hydrogens (tertiary/aromatic N) is 2. The first kappa shape index (κ1) is 31.7. The molecule has 5 atom stereocenters. The molecule has 2 rings (SSSR count). The van der Waals surface area contributed by atoms with Crippen molar-refractivity contribution in [1.82, 2.24) is 10.2 Å². The minimum atomic E-state index is -1.56. The Morgan fingerprint density at radius 1 is 1.18 bits per heavy atom. The minimum Gasteiger partial charge on any atom is -0.467 e. The maximum absolute atomic E-state index is 12.4. The Labute approximate surface area is 230 Å². The minimum absolute atomic E-state index is 0.0453. The summed E-state index contributed by atoms with van der Waals surface area (Å²) in [5.41, 5.74) is -0.0219. The van der Waals surface area contributed by atoms with E-state index in [9.17, 15) is 24.5 Å². The molecule has 1 aliphatic rings. The second-order valence-electron chi connectivity index (χ2n) is 8.71. The second kappa shape index (κ2) is 14.6. The van der Waals surface area contributed by atoms with Crippen molar-refractivity contribution in [2.24, 2.45) is 5.92 Å². The number of methoxy groups -OCH3 is 1. The zero-order chi connectivity index (χ0) is 29.3. The molecule has 1 saturated heterocycles. The molecule has 1 fully saturated rings. The Bertz CT molecular complexity index is 1070. The first-order valence-electron chi connectivity index (χ1n) is 11.9. The highest BCUT2D eigenvalue weighted by Gasteiger charge is 2.52. The van der Waals surface area contributed by atoms with Gasteiger partial charge >= 0.3 is 23.6 Å². The fourth-order valence-electron chi connectivity index (χ4n) is 3.78. The van der Waals surface area contributed by atoms with Crippen LogP contribution in [0.2, 0.25) is 0 Å². The van der Waals surface area contributed by atoms with Gasteiger partial charge in [0.25, 0.3) is 5.17 Å². The zero-order valence-corrected chi connectivity index (χ0v) is 23.4. The summed E-state index contributed by atoms with van der Waals surface area (Å²) in [7, 11) is 4.71. The van der Waals surface area contributed by atoms with Crippen LogP contribution in [0.25, 0.3) is 0 Å². The third-order valence-corrected chi connectivity index (χ3v) is 6.17. The van der Waals surface area contributed by atoms with Gasteiger partial charge in [0.2, 0.25) is 12.4 Å². The van der Waals surface area contributed by atoms with Crippen LogP contribution in [0.5, 0.6) is 5.75 Å². The molecule has 216 valence electrons. The molecule has 1 aliphatic heterocycles. The molecule has 0 aromatic heterocycles. The second-order valence-corrected chi connectivity index (χ2v) is 9.06. The van der Waals surface area contributed by atoms with E-state index in [4.69, 9.17) is 40.6 Å². The first-order chi connectivity index (χ1) is 18.4. The molecule has 0 radical (unpaired) electrons. The highest BCUT2D eigenvalue weighted by atomic mass is 32.1. The van der Waals surface area contributed by atoms with E-state index in [1.807, 2.05) is 0 Å². The van der Waals surface area contributed by atoms with Crippen molar-refractivity contribution in [2.75, 3.05) is 34.3 Å². The average molecular weight is 572 g/mol. The summed E-state index contributed by atoms with van der Waals surface area (Å²) >= 11 is 5.23. The Kier molecular flexibility index (Phi) is 11.8. The van der Waals surface area contributed by atoms with E-state index >= 15 is 0 Å². The molecular weight excluding hydrogens is 538 g/mol. The maximum atomic E-state index is 12.4. The van der Waals surface area contributed by atoms with Crippen molar-refractivity contribution in [2.45, 2.75) is 52.0 Å². The summed E-state index contributed by atoms with van der Waals surface area (Å²) in [6.07, 6.45) is -5.38. The topological polar surface area (TPSA) is 165 Å². The SMILES string of the molecule is CNCCN(C)C(=S)OCc1ccc(O[C@@H]2O[C@H](C(=O)OC)[C@@H](C)[C@H](OC(C)=O)[C@H]2OC(C)=O)c([N+](=O)[O-])c1. The lowest BCUT2D eigenvalue weighted by atomic mass is 9.90. The lowest BCUT2D eigenvalue weighted by Crippen LogP contribution is -2.60. The van der Waals surface area contributed by atoms with Crippen LogP contribution in [0.4, 0.5) is 5.69 Å². The summed E-state index contributed by atoms with van der Waals surface area (Å²) in [6.45, 7) is 5.05. The van der Waals surface area contributed by atoms with Crippen LogP contribution in [0.15, 0.2) is 18.2 Å². The quantitative estimate of drug-likeness (QED) is 0.133. The Morgan fingerprint density at radius 2 is 1.82 bits per heavy atom. The van der Waals surface area contributed by atoms with Gasteiger partial charge in [0.1, 0.15) is 6.61 Å². The number of esters is 3. The van der Waals surface area contributed by atoms with Gasteiger partial charge in [0, 0.05) is 46.0 Å². The summed E-state index contributed by atoms with van der Waals surface area (Å²) in [5, 5.41) is 15.1. The summed E-state index contributed by atoms with van der Waals surface area (Å²) < 4.78 is 32.6. The van der Waals surface area contributed by atoms with Crippen molar-refractivity contribution in [3.63, 3.8) is 0 Å². The highest BCUT2D eigenvalue weighted by Crippen LogP contribution is 2.36. The highest BCUT2D eigenvalue weighted by molar-refractivity contribution is 7.80. The molecule has 15 heteroatoms. The van der Waals surface area contributed by atoms with E-state index in [0.717, 1.165) is 21.0 Å². The molecule has 39 heavy (non-hydrogen) atoms. The van der Waals surface area contributed by atoms with Crippen molar-refractivity contribution in [3.05, 3.63) is 33.9 Å². The van der Waals surface area contributed by atoms with Crippen molar-refractivity contribution in [3.8, 4) is 5.75 Å². The summed E-state index contributed by atoms with van der Waals surface area (Å²) in [6, 6.07) is 4.07. The average Bonchev–Trinajstić information content (AvgIpc) is 2.88. The number of carbonyl (C=O) groups is 3. The van der Waals surface area contributed by atoms with Crippen LogP contribution in [0.1, 0.15) is 26.3 Å². The molecule has 0 spiro atoms. The van der Waals surface area contributed by atoms with Gasteiger partial charge in [0.15, 0.2) is 18.0 Å². The first-order valence-corrected chi connectivity index (χ1v) is 12.3. The van der Waals surface area contributed by atoms with E-state index in [1.165, 1.54) is 18.2 Å². The number of thiocarbonyl (C=S) groups is 1.